The van der Waals surface area contributed by atoms with Gasteiger partial charge in [0.25, 0.3) is 0 Å². The van der Waals surface area contributed by atoms with Gasteiger partial charge in [-0.05, 0) is 6.07 Å². The van der Waals surface area contributed by atoms with Crippen LogP contribution in [-0.2, 0) is 0 Å². The van der Waals surface area contributed by atoms with Crippen molar-refractivity contribution in [3.8, 4) is 0 Å². The monoisotopic (exact) mass is 130 g/mol. The average molecular weight is 130 g/mol. The quantitative estimate of drug-likeness (QED) is 0.530. The van der Waals surface area contributed by atoms with Gasteiger partial charge in [-0.2, -0.15) is 10.2 Å². The first-order chi connectivity index (χ1) is 4.97. The van der Waals surface area contributed by atoms with Gasteiger partial charge >= 0.3 is 0 Å². The van der Waals surface area contributed by atoms with Gasteiger partial charge in [-0.1, -0.05) is 0 Å². The van der Waals surface area contributed by atoms with Crippen LogP contribution in [0.1, 0.15) is 0 Å². The predicted molar refractivity (Wildman–Crippen MR) is 36.2 cm³/mol. The van der Waals surface area contributed by atoms with E-state index < -0.39 is 0 Å². The van der Waals surface area contributed by atoms with E-state index in [9.17, 15) is 0 Å². The van der Waals surface area contributed by atoms with Crippen molar-refractivity contribution in [1.82, 2.24) is 15.2 Å². The standard InChI is InChI=1S/C7H4N3/c1-2-6-4-9-10-5-7(6)8-3-1/h2-5H. The van der Waals surface area contributed by atoms with Crippen molar-refractivity contribution >= 4 is 10.9 Å². The first-order valence-corrected chi connectivity index (χ1v) is 2.89. The maximum absolute atomic E-state index is 4.02. The Morgan fingerprint density at radius 3 is 3.00 bits per heavy atom. The second-order valence-corrected chi connectivity index (χ2v) is 1.90. The Balaban J connectivity index is 2.89. The first-order valence-electron chi connectivity index (χ1n) is 2.89. The second-order valence-electron chi connectivity index (χ2n) is 1.90. The molecule has 0 aliphatic rings. The zero-order valence-electron chi connectivity index (χ0n) is 5.15. The van der Waals surface area contributed by atoms with Gasteiger partial charge in [0.15, 0.2) is 0 Å². The Morgan fingerprint density at radius 2 is 2.10 bits per heavy atom. The molecule has 0 amide bonds. The van der Waals surface area contributed by atoms with Crippen LogP contribution in [0.5, 0.6) is 0 Å². The van der Waals surface area contributed by atoms with E-state index >= 15 is 0 Å². The van der Waals surface area contributed by atoms with Crippen molar-refractivity contribution in [3.05, 3.63) is 30.7 Å². The molecule has 0 aromatic carbocycles. The molecule has 2 heterocycles. The molecule has 0 aliphatic carbocycles. The van der Waals surface area contributed by atoms with E-state index in [1.54, 1.807) is 18.6 Å². The Hall–Kier alpha value is -1.51. The van der Waals surface area contributed by atoms with Crippen LogP contribution >= 0.6 is 0 Å². The number of pyridine rings is 1. The lowest BCUT2D eigenvalue weighted by Crippen LogP contribution is -1.81. The topological polar surface area (TPSA) is 38.7 Å². The molecule has 0 unspecified atom stereocenters. The molecule has 0 fully saturated rings. The summed E-state index contributed by atoms with van der Waals surface area (Å²) in [6, 6.07) is 4.69. The lowest BCUT2D eigenvalue weighted by atomic mass is 10.3. The maximum Gasteiger partial charge on any atom is 0.0919 e. The van der Waals surface area contributed by atoms with Gasteiger partial charge in [0.1, 0.15) is 0 Å². The third-order valence-electron chi connectivity index (χ3n) is 1.26. The van der Waals surface area contributed by atoms with Crippen LogP contribution < -0.4 is 0 Å². The van der Waals surface area contributed by atoms with Crippen LogP contribution in [0, 0.1) is 6.07 Å². The molecule has 1 radical (unpaired) electrons. The molecule has 0 spiro atoms. The maximum atomic E-state index is 4.02. The van der Waals surface area contributed by atoms with Gasteiger partial charge in [0, 0.05) is 17.6 Å². The number of hydrogen-bond donors (Lipinski definition) is 0. The highest BCUT2D eigenvalue weighted by molar-refractivity contribution is 5.75. The molecule has 47 valence electrons. The summed E-state index contributed by atoms with van der Waals surface area (Å²) in [4.78, 5) is 4.02. The fourth-order valence-corrected chi connectivity index (χ4v) is 0.777. The number of nitrogens with zero attached hydrogens (tertiary/aromatic N) is 3. The number of hydrogen-bond acceptors (Lipinski definition) is 3. The minimum atomic E-state index is 0.855. The second kappa shape index (κ2) is 2.02. The van der Waals surface area contributed by atoms with E-state index in [1.165, 1.54) is 0 Å². The summed E-state index contributed by atoms with van der Waals surface area (Å²) in [7, 11) is 0. The molecule has 0 aliphatic heterocycles. The van der Waals surface area contributed by atoms with E-state index in [0.29, 0.717) is 0 Å². The SMILES string of the molecule is [c]1cnc2cnncc2c1. The van der Waals surface area contributed by atoms with Crippen LogP contribution in [0.3, 0.4) is 0 Å². The van der Waals surface area contributed by atoms with Gasteiger partial charge < -0.3 is 0 Å². The molecule has 0 saturated carbocycles. The molecule has 10 heavy (non-hydrogen) atoms. The average Bonchev–Trinajstić information content (AvgIpc) is 2.05. The summed E-state index contributed by atoms with van der Waals surface area (Å²) in [6.45, 7) is 0. The molecule has 0 bridgehead atoms. The largest absolute Gasteiger partial charge is 0.254 e. The molecule has 3 nitrogen and oxygen atoms in total. The highest BCUT2D eigenvalue weighted by atomic mass is 15.1. The predicted octanol–water partition coefficient (Wildman–Crippen LogP) is 0.825. The van der Waals surface area contributed by atoms with Crippen molar-refractivity contribution in [3.63, 3.8) is 0 Å². The molecule has 2 aromatic rings. The van der Waals surface area contributed by atoms with E-state index in [0.717, 1.165) is 10.9 Å². The van der Waals surface area contributed by atoms with Crippen LogP contribution in [0.2, 0.25) is 0 Å². The van der Waals surface area contributed by atoms with Crippen molar-refractivity contribution in [1.29, 1.82) is 0 Å². The Bertz CT molecular complexity index is 280. The van der Waals surface area contributed by atoms with Crippen molar-refractivity contribution in [2.24, 2.45) is 0 Å². The Kier molecular flexibility index (Phi) is 1.07. The van der Waals surface area contributed by atoms with Crippen LogP contribution in [0.25, 0.3) is 10.9 Å². The summed E-state index contributed by atoms with van der Waals surface area (Å²) in [5.74, 6) is 0. The summed E-state index contributed by atoms with van der Waals surface area (Å²) in [5.41, 5.74) is 0.855. The highest BCUT2D eigenvalue weighted by Gasteiger charge is 1.89. The number of aromatic nitrogens is 3. The molecule has 2 rings (SSSR count). The minimum Gasteiger partial charge on any atom is -0.254 e. The van der Waals surface area contributed by atoms with Gasteiger partial charge in [-0.3, -0.25) is 4.98 Å². The van der Waals surface area contributed by atoms with Gasteiger partial charge in [0.2, 0.25) is 0 Å². The third-order valence-corrected chi connectivity index (χ3v) is 1.26. The number of rotatable bonds is 0. The molecule has 0 atom stereocenters. The van der Waals surface area contributed by atoms with Gasteiger partial charge in [-0.25, -0.2) is 0 Å². The summed E-state index contributed by atoms with van der Waals surface area (Å²) < 4.78 is 0. The minimum absolute atomic E-state index is 0.855. The molecule has 3 heteroatoms. The Labute approximate surface area is 57.7 Å². The van der Waals surface area contributed by atoms with E-state index in [1.807, 2.05) is 6.07 Å². The smallest absolute Gasteiger partial charge is 0.0919 e. The molecular formula is C7H4N3. The zero-order valence-corrected chi connectivity index (χ0v) is 5.15. The highest BCUT2D eigenvalue weighted by Crippen LogP contribution is 2.03. The normalized spacial score (nSPS) is 10.0. The first kappa shape index (κ1) is 5.29. The van der Waals surface area contributed by atoms with E-state index in [4.69, 9.17) is 0 Å². The molecular weight excluding hydrogens is 126 g/mol. The zero-order chi connectivity index (χ0) is 6.81. The fourth-order valence-electron chi connectivity index (χ4n) is 0.777. The van der Waals surface area contributed by atoms with Crippen LogP contribution in [0.4, 0.5) is 0 Å². The van der Waals surface area contributed by atoms with Crippen molar-refractivity contribution in [2.75, 3.05) is 0 Å². The lowest BCUT2D eigenvalue weighted by Gasteiger charge is -1.89. The summed E-state index contributed by atoms with van der Waals surface area (Å²) in [6.07, 6.45) is 4.91. The van der Waals surface area contributed by atoms with Crippen LogP contribution in [-0.4, -0.2) is 15.2 Å². The third kappa shape index (κ3) is 0.719. The van der Waals surface area contributed by atoms with Crippen LogP contribution in [0.15, 0.2) is 24.7 Å². The van der Waals surface area contributed by atoms with Crippen molar-refractivity contribution < 1.29 is 0 Å². The Morgan fingerprint density at radius 1 is 1.20 bits per heavy atom. The lowest BCUT2D eigenvalue weighted by molar-refractivity contribution is 1.04. The molecule has 2 aromatic heterocycles. The van der Waals surface area contributed by atoms with Gasteiger partial charge in [-0.15, -0.1) is 0 Å². The molecule has 0 saturated heterocycles. The summed E-state index contributed by atoms with van der Waals surface area (Å²) in [5, 5.41) is 8.36. The fraction of sp³-hybridized carbons (Fsp3) is 0. The molecule has 0 N–H and O–H groups in total. The van der Waals surface area contributed by atoms with E-state index in [2.05, 4.69) is 21.2 Å². The summed E-state index contributed by atoms with van der Waals surface area (Å²) >= 11 is 0. The van der Waals surface area contributed by atoms with E-state index in [-0.39, 0.29) is 0 Å². The number of fused-ring (bicyclic) bond motifs is 1. The van der Waals surface area contributed by atoms with Crippen molar-refractivity contribution in [2.45, 2.75) is 0 Å². The van der Waals surface area contributed by atoms with Gasteiger partial charge in [0.05, 0.1) is 17.9 Å².